The van der Waals surface area contributed by atoms with Crippen LogP contribution in [-0.4, -0.2) is 22.2 Å². The number of fused-ring (bicyclic) bond motifs is 5. The molecule has 0 unspecified atom stereocenters. The summed E-state index contributed by atoms with van der Waals surface area (Å²) >= 11 is 0. The molecule has 5 nitrogen and oxygen atoms in total. The number of imidazole rings is 1. The first-order valence-corrected chi connectivity index (χ1v) is 33.5. The number of pyridine rings is 1. The van der Waals surface area contributed by atoms with Crippen molar-refractivity contribution in [2.24, 2.45) is 0 Å². The summed E-state index contributed by atoms with van der Waals surface area (Å²) in [6.45, 7) is -1.16. The van der Waals surface area contributed by atoms with E-state index in [1.54, 1.807) is 42.6 Å². The summed E-state index contributed by atoms with van der Waals surface area (Å²) in [5.74, 6) is 0.693. The molecule has 99 heavy (non-hydrogen) atoms. The molecule has 0 bridgehead atoms. The molecule has 0 radical (unpaired) electrons. The Labute approximate surface area is 654 Å². The van der Waals surface area contributed by atoms with Gasteiger partial charge in [0.05, 0.1) is 46.9 Å². The number of hydrogen-bond acceptors (Lipinski definition) is 2. The average Bonchev–Trinajstić information content (AvgIpc) is 1.60. The maximum Gasteiger partial charge on any atom is 0.268 e. The van der Waals surface area contributed by atoms with Gasteiger partial charge >= 0.3 is 0 Å². The van der Waals surface area contributed by atoms with E-state index in [0.29, 0.717) is 22.5 Å². The molecule has 0 spiro atoms. The zero-order chi connectivity index (χ0) is 101. The molecule has 0 amide bonds. The van der Waals surface area contributed by atoms with Crippen LogP contribution in [-0.2, 0) is 48.1 Å². The Morgan fingerprint density at radius 3 is 1.70 bits per heavy atom. The Morgan fingerprint density at radius 1 is 0.505 bits per heavy atom. The van der Waals surface area contributed by atoms with Gasteiger partial charge in [-0.2, -0.15) is 18.2 Å². The van der Waals surface area contributed by atoms with Gasteiger partial charge in [0.15, 0.2) is 8.07 Å². The van der Waals surface area contributed by atoms with Gasteiger partial charge in [-0.1, -0.05) is 289 Å². The number of ether oxygens (including phenoxy) is 1. The van der Waals surface area contributed by atoms with Gasteiger partial charge in [-0.25, -0.2) is 4.98 Å². The number of benzene rings is 11. The molecule has 15 rings (SSSR count). The second kappa shape index (κ2) is 25.4. The Kier molecular flexibility index (Phi) is 9.11. The molecule has 0 fully saturated rings. The average molecular weight is 1530 g/mol. The van der Waals surface area contributed by atoms with Crippen LogP contribution in [0.2, 0.25) is 0 Å². The van der Waals surface area contributed by atoms with Gasteiger partial charge < -0.3 is 13.9 Å². The SMILES string of the molecule is [2H]c1c([2H])c([2H])c([Si](c2c([2H])c([2H])c([2H])c([2H])c2[2H])(c2c([2H])c([2H])c([2H])c([2H])c2[2H])c2c([2H])c([2H])c([2H])c(-c3cc(-c4cc(C(C)(C)C)cc(C(C)(C)C)c4)cc(-c4c([2H])c([2H])c5c(c4[2H])C(C([2H])([2H])[2H])(C([2H])([2H])[2H])C([2H])([2H])C([2H])([2H])C5(C([2H])([2H])[2H])C([2H])([2H])[2H])c3-[n+]3[c-]n(-c4[c-]c(Oc5[c-]c6c(cc5)c5ccccc5n6-c5cc(C(C)(C)C)ccn5)ccc4)c4ccccc43)c2[2H])c([2H])c1[2H].[Pt]. The molecular formula is C92H86N4OPtSi-2. The fourth-order valence-electron chi connectivity index (χ4n) is 12.6. The number of hydrogen-bond donors (Lipinski definition) is 0. The first kappa shape index (κ1) is 35.5. The van der Waals surface area contributed by atoms with E-state index in [1.165, 1.54) is 34.9 Å². The van der Waals surface area contributed by atoms with Crippen molar-refractivity contribution in [1.29, 1.82) is 0 Å². The van der Waals surface area contributed by atoms with Crippen LogP contribution >= 0.6 is 0 Å². The summed E-state index contributed by atoms with van der Waals surface area (Å²) in [6.07, 6.45) is -4.75. The van der Waals surface area contributed by atoms with Crippen molar-refractivity contribution in [2.75, 3.05) is 0 Å². The Balaban J connectivity index is 0.0000150. The van der Waals surface area contributed by atoms with Crippen LogP contribution in [0.4, 0.5) is 0 Å². The maximum absolute atomic E-state index is 11.5. The predicted octanol–water partition coefficient (Wildman–Crippen LogP) is 20.2. The van der Waals surface area contributed by atoms with Gasteiger partial charge in [0.2, 0.25) is 0 Å². The second-order valence-electron chi connectivity index (χ2n) is 27.3. The van der Waals surface area contributed by atoms with Gasteiger partial charge in [0.1, 0.15) is 5.82 Å². The van der Waals surface area contributed by atoms with Crippen molar-refractivity contribution in [3.8, 4) is 62.1 Å². The van der Waals surface area contributed by atoms with Crippen LogP contribution in [0.5, 0.6) is 11.5 Å². The van der Waals surface area contributed by atoms with Crippen molar-refractivity contribution in [1.82, 2.24) is 14.1 Å². The molecule has 0 saturated heterocycles. The summed E-state index contributed by atoms with van der Waals surface area (Å²) in [5, 5.41) is -3.46. The third-order valence-electron chi connectivity index (χ3n) is 17.7. The van der Waals surface area contributed by atoms with Crippen molar-refractivity contribution in [2.45, 2.75) is 130 Å². The fraction of sp³-hybridized carbons (Fsp3) is 0.217. The predicted molar refractivity (Wildman–Crippen MR) is 411 cm³/mol. The molecule has 14 aromatic rings. The van der Waals surface area contributed by atoms with Crippen molar-refractivity contribution < 1.29 is 82.5 Å². The Bertz CT molecular complexity index is 7140. The molecule has 11 aromatic carbocycles. The molecule has 0 saturated carbocycles. The van der Waals surface area contributed by atoms with E-state index < -0.39 is 263 Å². The molecule has 3 heterocycles. The first-order chi connectivity index (χ1) is 62.6. The molecular weight excluding hydrogens is 1400 g/mol. The van der Waals surface area contributed by atoms with Gasteiger partial charge in [-0.05, 0) is 163 Å². The van der Waals surface area contributed by atoms with Crippen molar-refractivity contribution >= 4 is 61.7 Å². The standard InChI is InChI=1S/C92H86N4OSi.Pt/c1-88(2,3)66-47-50-93-86(58-66)96-82-40-24-23-39-76(82)77-45-44-71(60-85(77)96)97-70-31-28-30-69(59-70)94-61-95(84-42-26-25-41-83(84)94)87-78(62-29-27-38-75(53-62)98(72-32-17-14-18-33-72,73-34-19-15-20-35-73)74-36-21-16-22-37-74)54-65(64-51-67(89(4,5)6)57-68(52-64)90(7,8)9)55-79(87)63-43-46-80-81(56-63)92(12,13)49-48-91(80,10)11;/h14-47,50-58H,48-49H2,1-13H3;/q-2;/i10D3,11D3,12D3,13D3,14D,15D,16D,17D,18D,19D,20D,21D,22D,27D,29D,32D,33D,34D,35D,36D,37D,38D,43D,46D,48D2,49D2,53D,56D;. The van der Waals surface area contributed by atoms with Gasteiger partial charge in [-0.15, -0.1) is 29.7 Å². The quantitative estimate of drug-likeness (QED) is 0.0529. The second-order valence-corrected chi connectivity index (χ2v) is 30.8. The zero-order valence-corrected chi connectivity index (χ0v) is 58.4. The number of rotatable bonds is 12. The summed E-state index contributed by atoms with van der Waals surface area (Å²) < 4.78 is 382. The van der Waals surface area contributed by atoms with Gasteiger partial charge in [-0.3, -0.25) is 4.57 Å². The topological polar surface area (TPSA) is 35.9 Å². The number of nitrogens with zero attached hydrogens (tertiary/aromatic N) is 4. The van der Waals surface area contributed by atoms with Crippen LogP contribution in [0.15, 0.2) is 260 Å². The van der Waals surface area contributed by atoms with E-state index >= 15 is 0 Å². The van der Waals surface area contributed by atoms with Gasteiger partial charge in [0, 0.05) is 66.2 Å². The Hall–Kier alpha value is -9.45. The third-order valence-corrected chi connectivity index (χ3v) is 21.7. The molecule has 3 aromatic heterocycles. The molecule has 0 atom stereocenters. The Morgan fingerprint density at radius 2 is 1.07 bits per heavy atom. The van der Waals surface area contributed by atoms with E-state index in [-0.39, 0.29) is 65.8 Å². The molecule has 496 valence electrons. The van der Waals surface area contributed by atoms with Crippen molar-refractivity contribution in [3.63, 3.8) is 0 Å². The normalized spacial score (nSPS) is 20.9. The summed E-state index contributed by atoms with van der Waals surface area (Å²) in [7, 11) is -6.83. The van der Waals surface area contributed by atoms with Crippen molar-refractivity contribution in [3.05, 3.63) is 307 Å². The molecule has 1 aliphatic rings. The van der Waals surface area contributed by atoms with Crippen LogP contribution in [0.25, 0.3) is 83.4 Å². The largest absolute Gasteiger partial charge is 0.510 e. The summed E-state index contributed by atoms with van der Waals surface area (Å²) in [6, 6.07) is 9.61. The van der Waals surface area contributed by atoms with E-state index in [2.05, 4.69) is 39.2 Å². The first-order valence-electron chi connectivity index (χ1n) is 50.5. The molecule has 0 aliphatic heterocycles. The van der Waals surface area contributed by atoms with Gasteiger partial charge in [0.25, 0.3) is 6.33 Å². The molecule has 7 heteroatoms. The van der Waals surface area contributed by atoms with Crippen LogP contribution in [0.1, 0.15) is 182 Å². The van der Waals surface area contributed by atoms with Crippen LogP contribution < -0.4 is 30.1 Å². The molecule has 1 aliphatic carbocycles. The van der Waals surface area contributed by atoms with Crippen LogP contribution in [0, 0.1) is 18.5 Å². The van der Waals surface area contributed by atoms with E-state index in [1.807, 2.05) is 94.6 Å². The van der Waals surface area contributed by atoms with Crippen LogP contribution in [0.3, 0.4) is 0 Å². The van der Waals surface area contributed by atoms with E-state index in [0.717, 1.165) is 32.5 Å². The minimum Gasteiger partial charge on any atom is -0.510 e. The smallest absolute Gasteiger partial charge is 0.268 e. The maximum atomic E-state index is 11.5. The zero-order valence-electron chi connectivity index (χ0n) is 93.1. The minimum absolute atomic E-state index is 0. The third kappa shape index (κ3) is 12.2. The summed E-state index contributed by atoms with van der Waals surface area (Å²) in [4.78, 5) is 4.81. The number of para-hydroxylation sites is 3. The minimum atomic E-state index is -6.83. The monoisotopic (exact) mass is 1520 g/mol. The molecule has 0 N–H and O–H groups in total. The van der Waals surface area contributed by atoms with E-state index in [9.17, 15) is 48.0 Å². The fourth-order valence-corrected chi connectivity index (χ4v) is 16.1. The van der Waals surface area contributed by atoms with E-state index in [4.69, 9.17) is 13.8 Å². The number of aromatic nitrogens is 4. The summed E-state index contributed by atoms with van der Waals surface area (Å²) in [5.41, 5.74) is -16.9.